The molecule has 4 heterocycles. The maximum atomic E-state index is 13.6. The van der Waals surface area contributed by atoms with Gasteiger partial charge in [-0.1, -0.05) is 12.6 Å². The quantitative estimate of drug-likeness (QED) is 0.173. The predicted octanol–water partition coefficient (Wildman–Crippen LogP) is 4.34. The van der Waals surface area contributed by atoms with Crippen molar-refractivity contribution in [2.24, 2.45) is 0 Å². The number of hydrogen-bond acceptors (Lipinski definition) is 9. The van der Waals surface area contributed by atoms with E-state index in [1.54, 1.807) is 24.7 Å². The third-order valence-electron chi connectivity index (χ3n) is 5.88. The first-order valence-electron chi connectivity index (χ1n) is 11.4. The normalized spacial score (nSPS) is 14.7. The van der Waals surface area contributed by atoms with E-state index in [9.17, 15) is 4.55 Å². The van der Waals surface area contributed by atoms with E-state index in [0.717, 1.165) is 5.65 Å². The Kier molecular flexibility index (Phi) is 7.91. The monoisotopic (exact) mass is 526 g/mol. The highest BCUT2D eigenvalue weighted by molar-refractivity contribution is 7.93. The van der Waals surface area contributed by atoms with Gasteiger partial charge in [0.15, 0.2) is 11.0 Å². The van der Waals surface area contributed by atoms with E-state index in [1.807, 2.05) is 54.9 Å². The second-order valence-corrected chi connectivity index (χ2v) is 9.76. The Morgan fingerprint density at radius 2 is 1.95 bits per heavy atom. The number of anilines is 1. The number of aromatic nitrogens is 5. The summed E-state index contributed by atoms with van der Waals surface area (Å²) in [6.07, 6.45) is 3.21. The van der Waals surface area contributed by atoms with E-state index in [-0.39, 0.29) is 5.95 Å². The van der Waals surface area contributed by atoms with Crippen LogP contribution < -0.4 is 4.72 Å². The highest BCUT2D eigenvalue weighted by Gasteiger charge is 2.34. The Balaban J connectivity index is 1.72. The highest BCUT2D eigenvalue weighted by Crippen LogP contribution is 2.33. The molecule has 0 saturated heterocycles. The van der Waals surface area contributed by atoms with Gasteiger partial charge in [-0.3, -0.25) is 0 Å². The summed E-state index contributed by atoms with van der Waals surface area (Å²) in [7, 11) is 4.59. The van der Waals surface area contributed by atoms with Crippen LogP contribution in [0.15, 0.2) is 65.2 Å². The van der Waals surface area contributed by atoms with Gasteiger partial charge in [-0.15, -0.1) is 10.2 Å². The SMILES string of the molecule is C=C(OC)/C(=C(\C)OC)n1c(N[S+]([O-])C(C)C(OC)c2cn3ccccc3n2)nnc1-c1ccc(C)o1. The van der Waals surface area contributed by atoms with E-state index < -0.39 is 22.7 Å². The van der Waals surface area contributed by atoms with Crippen molar-refractivity contribution in [2.75, 3.05) is 26.1 Å². The maximum absolute atomic E-state index is 13.6. The molecule has 37 heavy (non-hydrogen) atoms. The first kappa shape index (κ1) is 26.3. The molecule has 196 valence electrons. The van der Waals surface area contributed by atoms with Crippen molar-refractivity contribution in [3.63, 3.8) is 0 Å². The molecule has 4 rings (SSSR count). The number of allylic oxidation sites excluding steroid dienone is 2. The van der Waals surface area contributed by atoms with Gasteiger partial charge < -0.3 is 27.6 Å². The number of hydrogen-bond donors (Lipinski definition) is 1. The van der Waals surface area contributed by atoms with Gasteiger partial charge in [-0.25, -0.2) is 9.55 Å². The Labute approximate surface area is 218 Å². The average Bonchev–Trinajstić information content (AvgIpc) is 3.62. The number of nitrogens with zero attached hydrogens (tertiary/aromatic N) is 5. The standard InChI is InChI=1S/C25H30N6O5S/c1-15-11-12-20(36-15)24-27-28-25(31(24)22(16(2)33-5)17(3)34-6)29-37(32)18(4)23(35-7)19-14-30-13-9-8-10-21(30)26-19/h8-14,18,23H,2H2,1,3-7H3,(H,28,29)/b22-17-. The summed E-state index contributed by atoms with van der Waals surface area (Å²) in [6.45, 7) is 9.39. The third kappa shape index (κ3) is 5.22. The zero-order valence-electron chi connectivity index (χ0n) is 21.6. The van der Waals surface area contributed by atoms with E-state index in [1.165, 1.54) is 14.2 Å². The number of imidazole rings is 1. The average molecular weight is 527 g/mol. The fourth-order valence-electron chi connectivity index (χ4n) is 3.89. The number of rotatable bonds is 11. The number of furan rings is 1. The van der Waals surface area contributed by atoms with Crippen molar-refractivity contribution in [1.29, 1.82) is 0 Å². The maximum Gasteiger partial charge on any atom is 0.271 e. The molecule has 4 aromatic heterocycles. The minimum atomic E-state index is -1.67. The Bertz CT molecular complexity index is 1390. The van der Waals surface area contributed by atoms with Crippen molar-refractivity contribution in [2.45, 2.75) is 32.1 Å². The molecule has 4 aromatic rings. The van der Waals surface area contributed by atoms with Crippen molar-refractivity contribution in [3.8, 4) is 11.6 Å². The van der Waals surface area contributed by atoms with Crippen LogP contribution in [0.4, 0.5) is 5.95 Å². The molecule has 0 fully saturated rings. The number of nitrogens with one attached hydrogen (secondary N) is 1. The second-order valence-electron chi connectivity index (χ2n) is 8.22. The van der Waals surface area contributed by atoms with E-state index >= 15 is 0 Å². The first-order valence-corrected chi connectivity index (χ1v) is 12.6. The fourth-order valence-corrected chi connectivity index (χ4v) is 4.86. The Morgan fingerprint density at radius 1 is 1.16 bits per heavy atom. The molecular weight excluding hydrogens is 496 g/mol. The minimum Gasteiger partial charge on any atom is -0.593 e. The summed E-state index contributed by atoms with van der Waals surface area (Å²) in [5, 5.41) is 8.06. The van der Waals surface area contributed by atoms with Gasteiger partial charge in [0.2, 0.25) is 5.82 Å². The first-order chi connectivity index (χ1) is 17.8. The zero-order valence-corrected chi connectivity index (χ0v) is 22.4. The predicted molar refractivity (Wildman–Crippen MR) is 141 cm³/mol. The van der Waals surface area contributed by atoms with Gasteiger partial charge in [0.05, 0.1) is 31.3 Å². The van der Waals surface area contributed by atoms with Gasteiger partial charge in [-0.05, 0) is 45.0 Å². The van der Waals surface area contributed by atoms with Gasteiger partial charge in [-0.2, -0.15) is 4.72 Å². The van der Waals surface area contributed by atoms with Gasteiger partial charge in [0.1, 0.15) is 34.7 Å². The molecule has 0 saturated carbocycles. The molecule has 11 nitrogen and oxygen atoms in total. The molecule has 3 atom stereocenters. The molecule has 0 bridgehead atoms. The molecule has 0 amide bonds. The molecule has 0 radical (unpaired) electrons. The largest absolute Gasteiger partial charge is 0.593 e. The van der Waals surface area contributed by atoms with Crippen LogP contribution in [0.25, 0.3) is 22.9 Å². The van der Waals surface area contributed by atoms with Crippen LogP contribution in [0, 0.1) is 6.92 Å². The Hall–Kier alpha value is -3.74. The highest BCUT2D eigenvalue weighted by atomic mass is 32.2. The fraction of sp³-hybridized carbons (Fsp3) is 0.320. The lowest BCUT2D eigenvalue weighted by atomic mass is 10.2. The molecule has 1 N–H and O–H groups in total. The van der Waals surface area contributed by atoms with Crippen LogP contribution in [0.2, 0.25) is 0 Å². The van der Waals surface area contributed by atoms with Gasteiger partial charge in [0.25, 0.3) is 5.95 Å². The van der Waals surface area contributed by atoms with E-state index in [2.05, 4.69) is 26.5 Å². The minimum absolute atomic E-state index is 0.184. The molecule has 12 heteroatoms. The number of fused-ring (bicyclic) bond motifs is 1. The van der Waals surface area contributed by atoms with Crippen LogP contribution in [-0.4, -0.2) is 55.3 Å². The smallest absolute Gasteiger partial charge is 0.271 e. The van der Waals surface area contributed by atoms with E-state index in [4.69, 9.17) is 18.6 Å². The number of methoxy groups -OCH3 is 3. The molecule has 0 spiro atoms. The second kappa shape index (κ2) is 11.1. The van der Waals surface area contributed by atoms with E-state index in [0.29, 0.717) is 40.3 Å². The van der Waals surface area contributed by atoms with Gasteiger partial charge in [0, 0.05) is 19.5 Å². The molecule has 3 unspecified atom stereocenters. The summed E-state index contributed by atoms with van der Waals surface area (Å²) in [6, 6.07) is 9.31. The van der Waals surface area contributed by atoms with Crippen molar-refractivity contribution < 1.29 is 23.2 Å². The van der Waals surface area contributed by atoms with Crippen LogP contribution in [0.1, 0.15) is 31.4 Å². The lowest BCUT2D eigenvalue weighted by molar-refractivity contribution is 0.0993. The molecule has 0 aliphatic rings. The van der Waals surface area contributed by atoms with Gasteiger partial charge >= 0.3 is 0 Å². The summed E-state index contributed by atoms with van der Waals surface area (Å²) in [5.74, 6) is 2.48. The Morgan fingerprint density at radius 3 is 2.57 bits per heavy atom. The molecule has 0 aliphatic carbocycles. The lowest BCUT2D eigenvalue weighted by Crippen LogP contribution is -2.33. The third-order valence-corrected chi connectivity index (χ3v) is 7.19. The zero-order chi connectivity index (χ0) is 26.7. The topological polar surface area (TPSA) is 124 Å². The molecular formula is C25H30N6O5S. The summed E-state index contributed by atoms with van der Waals surface area (Å²) in [4.78, 5) is 4.63. The van der Waals surface area contributed by atoms with Crippen molar-refractivity contribution >= 4 is 28.7 Å². The van der Waals surface area contributed by atoms with Crippen LogP contribution in [0.3, 0.4) is 0 Å². The van der Waals surface area contributed by atoms with Crippen LogP contribution >= 0.6 is 0 Å². The summed E-state index contributed by atoms with van der Waals surface area (Å²) in [5.41, 5.74) is 1.87. The van der Waals surface area contributed by atoms with Crippen LogP contribution in [0.5, 0.6) is 0 Å². The van der Waals surface area contributed by atoms with Crippen LogP contribution in [-0.2, 0) is 25.6 Å². The molecule has 0 aromatic carbocycles. The van der Waals surface area contributed by atoms with Crippen molar-refractivity contribution in [1.82, 2.24) is 24.1 Å². The lowest BCUT2D eigenvalue weighted by Gasteiger charge is -2.24. The number of aryl methyl sites for hydroxylation is 1. The number of ether oxygens (including phenoxy) is 3. The summed E-state index contributed by atoms with van der Waals surface area (Å²) < 4.78 is 42.5. The number of pyridine rings is 1. The van der Waals surface area contributed by atoms with Crippen molar-refractivity contribution in [3.05, 3.63) is 72.3 Å². The summed E-state index contributed by atoms with van der Waals surface area (Å²) >= 11 is -1.67. The molecule has 0 aliphatic heterocycles.